The smallest absolute Gasteiger partial charge is 0.0780 e. The summed E-state index contributed by atoms with van der Waals surface area (Å²) in [6.45, 7) is 2.16. The van der Waals surface area contributed by atoms with Gasteiger partial charge < -0.3 is 9.88 Å². The zero-order valence-electron chi connectivity index (χ0n) is 11.7. The fourth-order valence-corrected chi connectivity index (χ4v) is 3.48. The zero-order valence-corrected chi connectivity index (χ0v) is 11.7. The van der Waals surface area contributed by atoms with Crippen LogP contribution in [0.25, 0.3) is 27.5 Å². The van der Waals surface area contributed by atoms with Crippen LogP contribution >= 0.6 is 0 Å². The molecule has 100 valence electrons. The van der Waals surface area contributed by atoms with Gasteiger partial charge in [0.05, 0.1) is 28.1 Å². The molecule has 1 aromatic heterocycles. The minimum absolute atomic E-state index is 1.17. The normalized spacial score (nSPS) is 12.4. The molecule has 2 heteroatoms. The molecule has 0 fully saturated rings. The highest BCUT2D eigenvalue weighted by Gasteiger charge is 2.22. The summed E-state index contributed by atoms with van der Waals surface area (Å²) in [5.41, 5.74) is 7.45. The Morgan fingerprint density at radius 1 is 0.810 bits per heavy atom. The molecule has 0 spiro atoms. The number of nitrogens with one attached hydrogen (secondary N) is 1. The van der Waals surface area contributed by atoms with Gasteiger partial charge in [-0.25, -0.2) is 0 Å². The number of aryl methyl sites for hydroxylation is 1. The van der Waals surface area contributed by atoms with Crippen LogP contribution in [0.5, 0.6) is 0 Å². The van der Waals surface area contributed by atoms with E-state index in [0.717, 1.165) is 0 Å². The molecule has 21 heavy (non-hydrogen) atoms. The number of hydrogen-bond acceptors (Lipinski definition) is 1. The van der Waals surface area contributed by atoms with Crippen molar-refractivity contribution in [1.29, 1.82) is 0 Å². The van der Waals surface area contributed by atoms with Crippen LogP contribution in [0.3, 0.4) is 0 Å². The van der Waals surface area contributed by atoms with Crippen LogP contribution in [-0.4, -0.2) is 4.57 Å². The van der Waals surface area contributed by atoms with Crippen molar-refractivity contribution in [2.75, 3.05) is 5.32 Å². The fraction of sp³-hybridized carbons (Fsp3) is 0.0526. The Morgan fingerprint density at radius 3 is 2.57 bits per heavy atom. The van der Waals surface area contributed by atoms with Crippen molar-refractivity contribution in [2.45, 2.75) is 6.92 Å². The van der Waals surface area contributed by atoms with Gasteiger partial charge in [-0.1, -0.05) is 42.5 Å². The van der Waals surface area contributed by atoms with Crippen LogP contribution in [0.2, 0.25) is 0 Å². The van der Waals surface area contributed by atoms with Crippen molar-refractivity contribution in [3.8, 4) is 5.69 Å². The molecule has 0 unspecified atom stereocenters. The number of benzene rings is 3. The van der Waals surface area contributed by atoms with Crippen LogP contribution in [0.15, 0.2) is 60.7 Å². The summed E-state index contributed by atoms with van der Waals surface area (Å²) in [4.78, 5) is 0. The second-order valence-corrected chi connectivity index (χ2v) is 5.65. The van der Waals surface area contributed by atoms with E-state index in [2.05, 4.69) is 77.5 Å². The maximum atomic E-state index is 3.61. The highest BCUT2D eigenvalue weighted by Crippen LogP contribution is 2.43. The number of hydrogen-bond donors (Lipinski definition) is 1. The Kier molecular flexibility index (Phi) is 1.92. The molecule has 2 heterocycles. The van der Waals surface area contributed by atoms with Crippen LogP contribution < -0.4 is 5.32 Å². The molecule has 4 aromatic rings. The van der Waals surface area contributed by atoms with Crippen molar-refractivity contribution in [3.63, 3.8) is 0 Å². The molecule has 1 aliphatic heterocycles. The minimum atomic E-state index is 1.17. The molecule has 0 amide bonds. The molecule has 0 radical (unpaired) electrons. The summed E-state index contributed by atoms with van der Waals surface area (Å²) in [5.74, 6) is 0. The number of nitrogens with zero attached hydrogens (tertiary/aromatic N) is 1. The summed E-state index contributed by atoms with van der Waals surface area (Å²) in [6, 6.07) is 21.6. The van der Waals surface area contributed by atoms with Crippen molar-refractivity contribution in [3.05, 3.63) is 66.2 Å². The van der Waals surface area contributed by atoms with E-state index in [9.17, 15) is 0 Å². The van der Waals surface area contributed by atoms with Gasteiger partial charge in [0.15, 0.2) is 0 Å². The van der Waals surface area contributed by atoms with Gasteiger partial charge in [-0.3, -0.25) is 0 Å². The molecule has 0 bridgehead atoms. The summed E-state index contributed by atoms with van der Waals surface area (Å²) < 4.78 is 2.39. The Hall–Kier alpha value is -2.74. The second-order valence-electron chi connectivity index (χ2n) is 5.65. The fourth-order valence-electron chi connectivity index (χ4n) is 3.48. The molecular formula is C19H14N2. The van der Waals surface area contributed by atoms with Gasteiger partial charge in [-0.05, 0) is 30.7 Å². The molecule has 0 aliphatic carbocycles. The third-order valence-corrected chi connectivity index (χ3v) is 4.45. The first kappa shape index (κ1) is 11.0. The summed E-state index contributed by atoms with van der Waals surface area (Å²) >= 11 is 0. The predicted octanol–water partition coefficient (Wildman–Crippen LogP) is 5.15. The van der Waals surface area contributed by atoms with Gasteiger partial charge in [0.1, 0.15) is 0 Å². The van der Waals surface area contributed by atoms with Gasteiger partial charge in [0, 0.05) is 10.8 Å². The largest absolute Gasteiger partial charge is 0.352 e. The molecule has 1 N–H and O–H groups in total. The highest BCUT2D eigenvalue weighted by molar-refractivity contribution is 6.15. The lowest BCUT2D eigenvalue weighted by atomic mass is 10.1. The number of aromatic nitrogens is 1. The van der Waals surface area contributed by atoms with E-state index in [1.54, 1.807) is 0 Å². The summed E-state index contributed by atoms with van der Waals surface area (Å²) in [5, 5.41) is 6.24. The molecule has 0 atom stereocenters. The van der Waals surface area contributed by atoms with Crippen LogP contribution in [0.4, 0.5) is 11.4 Å². The second kappa shape index (κ2) is 3.67. The summed E-state index contributed by atoms with van der Waals surface area (Å²) in [7, 11) is 0. The minimum Gasteiger partial charge on any atom is -0.352 e. The Morgan fingerprint density at radius 2 is 1.62 bits per heavy atom. The maximum absolute atomic E-state index is 3.61. The maximum Gasteiger partial charge on any atom is 0.0780 e. The molecule has 3 aromatic carbocycles. The van der Waals surface area contributed by atoms with Crippen molar-refractivity contribution in [1.82, 2.24) is 4.57 Å². The standard InChI is InChI=1S/C19H14N2/c1-12-10-11-14-13-6-2-4-8-16(13)21-17-9-5-3-7-15(17)20-18(12)19(14)21/h2-11,20H,1H3. The topological polar surface area (TPSA) is 17.0 Å². The zero-order chi connectivity index (χ0) is 14.0. The lowest BCUT2D eigenvalue weighted by Crippen LogP contribution is -2.08. The van der Waals surface area contributed by atoms with Crippen molar-refractivity contribution >= 4 is 33.2 Å². The third kappa shape index (κ3) is 1.27. The third-order valence-electron chi connectivity index (χ3n) is 4.45. The first-order chi connectivity index (χ1) is 10.3. The van der Waals surface area contributed by atoms with E-state index in [0.29, 0.717) is 0 Å². The van der Waals surface area contributed by atoms with E-state index in [1.807, 2.05) is 0 Å². The molecule has 0 saturated heterocycles. The Labute approximate surface area is 122 Å². The molecule has 0 saturated carbocycles. The van der Waals surface area contributed by atoms with Gasteiger partial charge in [-0.15, -0.1) is 0 Å². The lowest BCUT2D eigenvalue weighted by Gasteiger charge is -2.23. The first-order valence-corrected chi connectivity index (χ1v) is 7.24. The molecule has 5 rings (SSSR count). The monoisotopic (exact) mass is 270 g/mol. The van der Waals surface area contributed by atoms with E-state index in [4.69, 9.17) is 0 Å². The van der Waals surface area contributed by atoms with Crippen LogP contribution in [0, 0.1) is 6.92 Å². The average Bonchev–Trinajstić information content (AvgIpc) is 2.87. The lowest BCUT2D eigenvalue weighted by molar-refractivity contribution is 1.16. The van der Waals surface area contributed by atoms with Crippen LogP contribution in [-0.2, 0) is 0 Å². The first-order valence-electron chi connectivity index (χ1n) is 7.24. The molecule has 1 aliphatic rings. The van der Waals surface area contributed by atoms with Gasteiger partial charge in [0.25, 0.3) is 0 Å². The van der Waals surface area contributed by atoms with E-state index >= 15 is 0 Å². The number of anilines is 2. The van der Waals surface area contributed by atoms with Gasteiger partial charge in [0.2, 0.25) is 0 Å². The predicted molar refractivity (Wildman–Crippen MR) is 88.8 cm³/mol. The van der Waals surface area contributed by atoms with Gasteiger partial charge >= 0.3 is 0 Å². The number of rotatable bonds is 0. The average molecular weight is 270 g/mol. The quantitative estimate of drug-likeness (QED) is 0.412. The molecular weight excluding hydrogens is 256 g/mol. The Balaban J connectivity index is 2.13. The number of fused-ring (bicyclic) bond motifs is 5. The SMILES string of the molecule is Cc1ccc2c3ccccc3n3c2c1Nc1ccccc1-3. The highest BCUT2D eigenvalue weighted by atomic mass is 15.1. The Bertz CT molecular complexity index is 1020. The molecule has 2 nitrogen and oxygen atoms in total. The van der Waals surface area contributed by atoms with Crippen molar-refractivity contribution in [2.24, 2.45) is 0 Å². The van der Waals surface area contributed by atoms with Gasteiger partial charge in [-0.2, -0.15) is 0 Å². The number of para-hydroxylation sites is 3. The van der Waals surface area contributed by atoms with E-state index < -0.39 is 0 Å². The summed E-state index contributed by atoms with van der Waals surface area (Å²) in [6.07, 6.45) is 0. The van der Waals surface area contributed by atoms with Crippen LogP contribution in [0.1, 0.15) is 5.56 Å². The van der Waals surface area contributed by atoms with Crippen molar-refractivity contribution < 1.29 is 0 Å². The van der Waals surface area contributed by atoms with E-state index in [1.165, 1.54) is 44.4 Å². The van der Waals surface area contributed by atoms with E-state index in [-0.39, 0.29) is 0 Å².